The number of alkyl halides is 2. The van der Waals surface area contributed by atoms with Gasteiger partial charge < -0.3 is 14.5 Å². The fourth-order valence-corrected chi connectivity index (χ4v) is 2.77. The third-order valence-corrected chi connectivity index (χ3v) is 4.18. The minimum absolute atomic E-state index is 0.0377. The van der Waals surface area contributed by atoms with E-state index in [0.29, 0.717) is 5.56 Å². The number of ether oxygens (including phenoxy) is 1. The molecule has 9 heteroatoms. The van der Waals surface area contributed by atoms with Crippen LogP contribution in [0.2, 0.25) is 0 Å². The SMILES string of the molecule is Cc1cccc(NC(=O)CSc2nnc(-c3ccc(OC(F)F)cc3)o2)c1. The van der Waals surface area contributed by atoms with Crippen molar-refractivity contribution in [1.29, 1.82) is 0 Å². The lowest BCUT2D eigenvalue weighted by Gasteiger charge is -2.04. The van der Waals surface area contributed by atoms with Crippen LogP contribution >= 0.6 is 11.8 Å². The van der Waals surface area contributed by atoms with E-state index in [1.165, 1.54) is 24.3 Å². The van der Waals surface area contributed by atoms with Gasteiger partial charge in [0.1, 0.15) is 5.75 Å². The predicted molar refractivity (Wildman–Crippen MR) is 96.9 cm³/mol. The van der Waals surface area contributed by atoms with Gasteiger partial charge in [0.05, 0.1) is 5.75 Å². The molecule has 0 radical (unpaired) electrons. The Morgan fingerprint density at radius 2 is 2.00 bits per heavy atom. The van der Waals surface area contributed by atoms with Crippen LogP contribution in [0.15, 0.2) is 58.2 Å². The van der Waals surface area contributed by atoms with Crippen LogP contribution in [0.1, 0.15) is 5.56 Å². The second-order valence-electron chi connectivity index (χ2n) is 5.48. The number of carbonyl (C=O) groups is 1. The summed E-state index contributed by atoms with van der Waals surface area (Å²) in [4.78, 5) is 12.0. The molecule has 0 saturated heterocycles. The summed E-state index contributed by atoms with van der Waals surface area (Å²) in [5, 5.41) is 10.8. The number of nitrogens with zero attached hydrogens (tertiary/aromatic N) is 2. The second kappa shape index (κ2) is 8.63. The lowest BCUT2D eigenvalue weighted by atomic mass is 10.2. The van der Waals surface area contributed by atoms with E-state index >= 15 is 0 Å². The zero-order valence-corrected chi connectivity index (χ0v) is 15.0. The normalized spacial score (nSPS) is 10.8. The maximum Gasteiger partial charge on any atom is 0.387 e. The Balaban J connectivity index is 1.55. The molecule has 0 atom stereocenters. The summed E-state index contributed by atoms with van der Waals surface area (Å²) < 4.78 is 34.1. The summed E-state index contributed by atoms with van der Waals surface area (Å²) >= 11 is 1.10. The van der Waals surface area contributed by atoms with Gasteiger partial charge in [-0.1, -0.05) is 23.9 Å². The average molecular weight is 391 g/mol. The molecule has 1 N–H and O–H groups in total. The number of nitrogens with one attached hydrogen (secondary N) is 1. The summed E-state index contributed by atoms with van der Waals surface area (Å²) in [5.74, 6) is 0.172. The number of aromatic nitrogens is 2. The zero-order valence-electron chi connectivity index (χ0n) is 14.2. The highest BCUT2D eigenvalue weighted by molar-refractivity contribution is 7.99. The Morgan fingerprint density at radius 3 is 2.70 bits per heavy atom. The molecule has 0 aliphatic rings. The molecule has 1 aromatic heterocycles. The average Bonchev–Trinajstić information content (AvgIpc) is 3.09. The highest BCUT2D eigenvalue weighted by Gasteiger charge is 2.12. The first-order valence-corrected chi connectivity index (χ1v) is 8.86. The van der Waals surface area contributed by atoms with Gasteiger partial charge in [0.25, 0.3) is 5.22 Å². The van der Waals surface area contributed by atoms with E-state index in [-0.39, 0.29) is 28.5 Å². The Kier molecular flexibility index (Phi) is 6.02. The van der Waals surface area contributed by atoms with E-state index in [2.05, 4.69) is 20.3 Å². The Labute approximate surface area is 157 Å². The molecular weight excluding hydrogens is 376 g/mol. The zero-order chi connectivity index (χ0) is 19.2. The number of thioether (sulfide) groups is 1. The fourth-order valence-electron chi connectivity index (χ4n) is 2.21. The number of aryl methyl sites for hydroxylation is 1. The highest BCUT2D eigenvalue weighted by Crippen LogP contribution is 2.25. The van der Waals surface area contributed by atoms with Crippen molar-refractivity contribution in [3.8, 4) is 17.2 Å². The molecule has 3 rings (SSSR count). The van der Waals surface area contributed by atoms with Gasteiger partial charge in [-0.25, -0.2) is 0 Å². The van der Waals surface area contributed by atoms with Crippen molar-refractivity contribution >= 4 is 23.4 Å². The molecule has 0 fully saturated rings. The van der Waals surface area contributed by atoms with Crippen LogP contribution in [0.3, 0.4) is 0 Å². The Morgan fingerprint density at radius 1 is 1.22 bits per heavy atom. The van der Waals surface area contributed by atoms with Gasteiger partial charge in [0, 0.05) is 11.3 Å². The van der Waals surface area contributed by atoms with Gasteiger partial charge in [-0.2, -0.15) is 8.78 Å². The van der Waals surface area contributed by atoms with Crippen molar-refractivity contribution in [2.24, 2.45) is 0 Å². The molecule has 140 valence electrons. The molecule has 1 heterocycles. The number of hydrogen-bond donors (Lipinski definition) is 1. The van der Waals surface area contributed by atoms with Crippen LogP contribution in [0.4, 0.5) is 14.5 Å². The highest BCUT2D eigenvalue weighted by atomic mass is 32.2. The van der Waals surface area contributed by atoms with E-state index in [0.717, 1.165) is 23.0 Å². The second-order valence-corrected chi connectivity index (χ2v) is 6.41. The number of halogens is 2. The number of anilines is 1. The Hall–Kier alpha value is -2.94. The standard InChI is InChI=1S/C18H15F2N3O3S/c1-11-3-2-4-13(9-11)21-15(24)10-27-18-23-22-16(26-18)12-5-7-14(8-6-12)25-17(19)20/h2-9,17H,10H2,1H3,(H,21,24). The monoisotopic (exact) mass is 391 g/mol. The smallest absolute Gasteiger partial charge is 0.387 e. The predicted octanol–water partition coefficient (Wildman–Crippen LogP) is 4.38. The first kappa shape index (κ1) is 18.8. The largest absolute Gasteiger partial charge is 0.435 e. The molecule has 2 aromatic carbocycles. The summed E-state index contributed by atoms with van der Waals surface area (Å²) in [6.45, 7) is -0.940. The lowest BCUT2D eigenvalue weighted by molar-refractivity contribution is -0.113. The van der Waals surface area contributed by atoms with E-state index < -0.39 is 6.61 Å². The number of amides is 1. The third kappa shape index (κ3) is 5.52. The minimum Gasteiger partial charge on any atom is -0.435 e. The Bertz CT molecular complexity index is 916. The van der Waals surface area contributed by atoms with Crippen molar-refractivity contribution in [2.75, 3.05) is 11.1 Å². The summed E-state index contributed by atoms with van der Waals surface area (Å²) in [7, 11) is 0. The van der Waals surface area contributed by atoms with Crippen LogP contribution in [-0.4, -0.2) is 28.5 Å². The van der Waals surface area contributed by atoms with E-state index in [9.17, 15) is 13.6 Å². The van der Waals surface area contributed by atoms with Crippen molar-refractivity contribution < 1.29 is 22.7 Å². The van der Waals surface area contributed by atoms with Crippen LogP contribution in [0.25, 0.3) is 11.5 Å². The van der Waals surface area contributed by atoms with Gasteiger partial charge in [-0.05, 0) is 48.9 Å². The lowest BCUT2D eigenvalue weighted by Crippen LogP contribution is -2.13. The van der Waals surface area contributed by atoms with Crippen LogP contribution in [0.5, 0.6) is 5.75 Å². The molecule has 0 spiro atoms. The molecule has 0 saturated carbocycles. The number of carbonyl (C=O) groups excluding carboxylic acids is 1. The summed E-state index contributed by atoms with van der Waals surface area (Å²) in [6.07, 6.45) is 0. The molecule has 3 aromatic rings. The summed E-state index contributed by atoms with van der Waals surface area (Å²) in [5.41, 5.74) is 2.32. The van der Waals surface area contributed by atoms with Gasteiger partial charge in [0.15, 0.2) is 0 Å². The van der Waals surface area contributed by atoms with Crippen LogP contribution < -0.4 is 10.1 Å². The molecule has 6 nitrogen and oxygen atoms in total. The first-order valence-electron chi connectivity index (χ1n) is 7.87. The number of rotatable bonds is 7. The van der Waals surface area contributed by atoms with Gasteiger partial charge >= 0.3 is 6.61 Å². The number of benzene rings is 2. The molecule has 0 aliphatic heterocycles. The minimum atomic E-state index is -2.88. The van der Waals surface area contributed by atoms with Crippen molar-refractivity contribution in [2.45, 2.75) is 18.8 Å². The van der Waals surface area contributed by atoms with E-state index in [4.69, 9.17) is 4.42 Å². The third-order valence-electron chi connectivity index (χ3n) is 3.36. The molecule has 0 aliphatic carbocycles. The van der Waals surface area contributed by atoms with Gasteiger partial charge in [0.2, 0.25) is 11.8 Å². The quantitative estimate of drug-likeness (QED) is 0.603. The first-order chi connectivity index (χ1) is 13.0. The van der Waals surface area contributed by atoms with Crippen molar-refractivity contribution in [3.63, 3.8) is 0 Å². The fraction of sp³-hybridized carbons (Fsp3) is 0.167. The van der Waals surface area contributed by atoms with E-state index in [1.54, 1.807) is 0 Å². The van der Waals surface area contributed by atoms with Gasteiger partial charge in [-0.3, -0.25) is 4.79 Å². The molecule has 0 bridgehead atoms. The maximum atomic E-state index is 12.2. The number of hydrogen-bond acceptors (Lipinski definition) is 6. The molecule has 27 heavy (non-hydrogen) atoms. The topological polar surface area (TPSA) is 77.2 Å². The molecular formula is C18H15F2N3O3S. The molecule has 0 unspecified atom stereocenters. The summed E-state index contributed by atoms with van der Waals surface area (Å²) in [6, 6.07) is 13.3. The van der Waals surface area contributed by atoms with Crippen molar-refractivity contribution in [1.82, 2.24) is 10.2 Å². The molecule has 1 amide bonds. The maximum absolute atomic E-state index is 12.2. The van der Waals surface area contributed by atoms with E-state index in [1.807, 2.05) is 31.2 Å². The van der Waals surface area contributed by atoms with Crippen molar-refractivity contribution in [3.05, 3.63) is 54.1 Å². The van der Waals surface area contributed by atoms with Gasteiger partial charge in [-0.15, -0.1) is 10.2 Å². The van der Waals surface area contributed by atoms with Crippen LogP contribution in [-0.2, 0) is 4.79 Å². The van der Waals surface area contributed by atoms with Crippen LogP contribution in [0, 0.1) is 6.92 Å².